The zero-order chi connectivity index (χ0) is 9.97. The number of fused-ring (bicyclic) bond motifs is 1. The first kappa shape index (κ1) is 9.47. The first-order chi connectivity index (χ1) is 6.83. The van der Waals surface area contributed by atoms with Gasteiger partial charge in [-0.1, -0.05) is 23.4 Å². The Morgan fingerprint density at radius 3 is 3.00 bits per heavy atom. The molecule has 14 heavy (non-hydrogen) atoms. The summed E-state index contributed by atoms with van der Waals surface area (Å²) in [4.78, 5) is 4.84. The minimum atomic E-state index is 0.925. The molecule has 74 valence electrons. The van der Waals surface area contributed by atoms with Crippen LogP contribution < -0.4 is 4.67 Å². The normalized spacial score (nSPS) is 18.1. The van der Waals surface area contributed by atoms with Gasteiger partial charge in [-0.2, -0.15) is 0 Å². The van der Waals surface area contributed by atoms with Crippen LogP contribution in [0.15, 0.2) is 29.4 Å². The van der Waals surface area contributed by atoms with Crippen molar-refractivity contribution in [1.82, 2.24) is 0 Å². The van der Waals surface area contributed by atoms with Crippen molar-refractivity contribution >= 4 is 20.8 Å². The zero-order valence-corrected chi connectivity index (χ0v) is 9.26. The van der Waals surface area contributed by atoms with Crippen LogP contribution >= 0.6 is 9.39 Å². The second kappa shape index (κ2) is 3.97. The third-order valence-electron chi connectivity index (χ3n) is 2.32. The van der Waals surface area contributed by atoms with Gasteiger partial charge in [0.15, 0.2) is 0 Å². The summed E-state index contributed by atoms with van der Waals surface area (Å²) in [6.45, 7) is 0.962. The maximum atomic E-state index is 4.84. The van der Waals surface area contributed by atoms with E-state index in [1.807, 2.05) is 12.1 Å². The molecule has 0 radical (unpaired) electrons. The average Bonchev–Trinajstić information content (AvgIpc) is 2.23. The second-order valence-corrected chi connectivity index (χ2v) is 3.80. The number of hydrogen-bond donors (Lipinski definition) is 0. The molecule has 1 aliphatic rings. The molecule has 1 aliphatic heterocycles. The van der Waals surface area contributed by atoms with Crippen LogP contribution in [0.2, 0.25) is 0 Å². The first-order valence-electron chi connectivity index (χ1n) is 4.54. The van der Waals surface area contributed by atoms with Crippen LogP contribution in [0, 0.1) is 0 Å². The molecule has 0 N–H and O–H groups in total. The summed E-state index contributed by atoms with van der Waals surface area (Å²) >= 11 is 0. The lowest BCUT2D eigenvalue weighted by molar-refractivity contribution is 0.213. The highest BCUT2D eigenvalue weighted by atomic mass is 31.0. The van der Waals surface area contributed by atoms with Crippen LogP contribution in [0.25, 0.3) is 0 Å². The summed E-state index contributed by atoms with van der Waals surface area (Å²) in [6.07, 6.45) is 0.925. The largest absolute Gasteiger partial charge is 0.399 e. The topological polar surface area (TPSA) is 24.8 Å². The Morgan fingerprint density at radius 1 is 1.43 bits per heavy atom. The molecule has 1 heterocycles. The predicted octanol–water partition coefficient (Wildman–Crippen LogP) is 2.04. The van der Waals surface area contributed by atoms with Gasteiger partial charge in [0.05, 0.1) is 5.71 Å². The molecule has 0 aliphatic carbocycles. The van der Waals surface area contributed by atoms with E-state index >= 15 is 0 Å². The van der Waals surface area contributed by atoms with E-state index in [2.05, 4.69) is 31.3 Å². The quantitative estimate of drug-likeness (QED) is 0.521. The molecule has 0 saturated carbocycles. The number of nitrogens with zero attached hydrogens (tertiary/aromatic N) is 2. The molecule has 0 spiro atoms. The highest BCUT2D eigenvalue weighted by molar-refractivity contribution is 7.19. The van der Waals surface area contributed by atoms with E-state index in [1.54, 1.807) is 7.11 Å². The molecule has 1 atom stereocenters. The fourth-order valence-corrected chi connectivity index (χ4v) is 2.01. The smallest absolute Gasteiger partial charge is 0.106 e. The number of rotatable bonds is 1. The maximum Gasteiger partial charge on any atom is 0.106 e. The average molecular weight is 208 g/mol. The third-order valence-corrected chi connectivity index (χ3v) is 2.85. The minimum absolute atomic E-state index is 0.925. The first-order valence-corrected chi connectivity index (χ1v) is 5.06. The number of oxime groups is 1. The van der Waals surface area contributed by atoms with Crippen LogP contribution in [0.3, 0.4) is 0 Å². The summed E-state index contributed by atoms with van der Waals surface area (Å²) in [5.74, 6) is 0. The van der Waals surface area contributed by atoms with Gasteiger partial charge in [-0.15, -0.1) is 0 Å². The van der Waals surface area contributed by atoms with Gasteiger partial charge >= 0.3 is 0 Å². The summed E-state index contributed by atoms with van der Waals surface area (Å²) in [6, 6.07) is 8.22. The van der Waals surface area contributed by atoms with E-state index in [0.717, 1.165) is 24.2 Å². The van der Waals surface area contributed by atoms with Crippen molar-refractivity contribution in [2.24, 2.45) is 5.16 Å². The van der Waals surface area contributed by atoms with Crippen LogP contribution in [-0.4, -0.2) is 19.4 Å². The maximum absolute atomic E-state index is 4.84. The molecule has 1 aromatic rings. The Kier molecular flexibility index (Phi) is 2.69. The van der Waals surface area contributed by atoms with Gasteiger partial charge in [-0.3, -0.25) is 0 Å². The van der Waals surface area contributed by atoms with Crippen LogP contribution in [0.1, 0.15) is 12.0 Å². The predicted molar refractivity (Wildman–Crippen MR) is 61.7 cm³/mol. The van der Waals surface area contributed by atoms with E-state index in [0.29, 0.717) is 0 Å². The Hall–Kier alpha value is -1.08. The van der Waals surface area contributed by atoms with Crippen LogP contribution in [0.5, 0.6) is 0 Å². The van der Waals surface area contributed by atoms with Gasteiger partial charge in [-0.05, 0) is 15.5 Å². The third kappa shape index (κ3) is 1.60. The Balaban J connectivity index is 2.47. The Labute approximate surface area is 86.0 Å². The van der Waals surface area contributed by atoms with E-state index < -0.39 is 0 Å². The van der Waals surface area contributed by atoms with E-state index in [9.17, 15) is 0 Å². The minimum Gasteiger partial charge on any atom is -0.399 e. The van der Waals surface area contributed by atoms with Gasteiger partial charge in [0.1, 0.15) is 7.11 Å². The molecule has 4 heteroatoms. The summed E-state index contributed by atoms with van der Waals surface area (Å²) in [5, 5.41) is 4.04. The second-order valence-electron chi connectivity index (χ2n) is 3.18. The monoisotopic (exact) mass is 208 g/mol. The van der Waals surface area contributed by atoms with Gasteiger partial charge in [0.25, 0.3) is 0 Å². The SMILES string of the molecule is CO/N=C1\CCN(P)c2ccccc21. The lowest BCUT2D eigenvalue weighted by Gasteiger charge is -2.27. The van der Waals surface area contributed by atoms with Crippen molar-refractivity contribution in [3.63, 3.8) is 0 Å². The van der Waals surface area contributed by atoms with Gasteiger partial charge < -0.3 is 9.51 Å². The van der Waals surface area contributed by atoms with Gasteiger partial charge in [0, 0.05) is 24.2 Å². The van der Waals surface area contributed by atoms with Crippen molar-refractivity contribution in [1.29, 1.82) is 0 Å². The summed E-state index contributed by atoms with van der Waals surface area (Å²) in [5.41, 5.74) is 3.39. The molecule has 0 aromatic heterocycles. The molecule has 1 unspecified atom stereocenters. The van der Waals surface area contributed by atoms with Crippen molar-refractivity contribution in [2.45, 2.75) is 6.42 Å². The molecule has 0 bridgehead atoms. The molecular weight excluding hydrogens is 195 g/mol. The lowest BCUT2D eigenvalue weighted by Crippen LogP contribution is -2.24. The molecule has 3 nitrogen and oxygen atoms in total. The highest BCUT2D eigenvalue weighted by Crippen LogP contribution is 2.29. The number of anilines is 1. The van der Waals surface area contributed by atoms with Crippen LogP contribution in [-0.2, 0) is 4.84 Å². The Bertz CT molecular complexity index is 365. The molecule has 0 fully saturated rings. The summed E-state index contributed by atoms with van der Waals surface area (Å²) in [7, 11) is 4.31. The molecule has 2 rings (SSSR count). The number of hydrogen-bond acceptors (Lipinski definition) is 3. The highest BCUT2D eigenvalue weighted by Gasteiger charge is 2.18. The lowest BCUT2D eigenvalue weighted by atomic mass is 10.0. The number of benzene rings is 1. The fourth-order valence-electron chi connectivity index (χ4n) is 1.65. The fraction of sp³-hybridized carbons (Fsp3) is 0.300. The van der Waals surface area contributed by atoms with Crippen molar-refractivity contribution in [3.8, 4) is 0 Å². The zero-order valence-electron chi connectivity index (χ0n) is 8.10. The Morgan fingerprint density at radius 2 is 2.21 bits per heavy atom. The molecule has 1 aromatic carbocycles. The van der Waals surface area contributed by atoms with E-state index in [-0.39, 0.29) is 0 Å². The van der Waals surface area contributed by atoms with Crippen molar-refractivity contribution in [2.75, 3.05) is 18.3 Å². The van der Waals surface area contributed by atoms with E-state index in [4.69, 9.17) is 4.84 Å². The van der Waals surface area contributed by atoms with Crippen molar-refractivity contribution in [3.05, 3.63) is 29.8 Å². The van der Waals surface area contributed by atoms with Crippen molar-refractivity contribution < 1.29 is 4.84 Å². The van der Waals surface area contributed by atoms with E-state index in [1.165, 1.54) is 5.69 Å². The standard InChI is InChI=1S/C10H13N2OP/c1-13-11-9-6-7-12(14)10-5-3-2-4-8(9)10/h2-5H,6-7,14H2,1H3/b11-9+. The van der Waals surface area contributed by atoms with Crippen LogP contribution in [0.4, 0.5) is 5.69 Å². The number of para-hydroxylation sites is 1. The van der Waals surface area contributed by atoms with Gasteiger partial charge in [0.2, 0.25) is 0 Å². The molecule has 0 amide bonds. The van der Waals surface area contributed by atoms with Gasteiger partial charge in [-0.25, -0.2) is 0 Å². The molecule has 0 saturated heterocycles. The molecular formula is C10H13N2OP. The summed E-state index contributed by atoms with van der Waals surface area (Å²) < 4.78 is 2.16.